The predicted molar refractivity (Wildman–Crippen MR) is 84.8 cm³/mol. The van der Waals surface area contributed by atoms with Crippen molar-refractivity contribution in [3.8, 4) is 0 Å². The third kappa shape index (κ3) is 4.90. The van der Waals surface area contributed by atoms with E-state index in [1.54, 1.807) is 0 Å². The summed E-state index contributed by atoms with van der Waals surface area (Å²) in [5, 5.41) is 3.56. The lowest BCUT2D eigenvalue weighted by atomic mass is 9.87. The van der Waals surface area contributed by atoms with Gasteiger partial charge in [0.15, 0.2) is 0 Å². The number of nitrogens with zero attached hydrogens (tertiary/aromatic N) is 1. The summed E-state index contributed by atoms with van der Waals surface area (Å²) < 4.78 is 0. The molecule has 0 aliphatic heterocycles. The normalized spacial score (nSPS) is 24.0. The van der Waals surface area contributed by atoms with Crippen LogP contribution in [0.15, 0.2) is 12.1 Å². The van der Waals surface area contributed by atoms with Gasteiger partial charge in [-0.3, -0.25) is 0 Å². The number of nitrogens with one attached hydrogen (secondary N) is 1. The lowest BCUT2D eigenvalue weighted by molar-refractivity contribution is 0.171. The van der Waals surface area contributed by atoms with Crippen molar-refractivity contribution in [2.24, 2.45) is 5.92 Å². The van der Waals surface area contributed by atoms with E-state index in [4.69, 9.17) is 0 Å². The monoisotopic (exact) mass is 280 g/mol. The van der Waals surface area contributed by atoms with E-state index in [9.17, 15) is 0 Å². The highest BCUT2D eigenvalue weighted by Gasteiger charge is 2.20. The fraction of sp³-hybridized carbons (Fsp3) is 0.750. The smallest absolute Gasteiger partial charge is 0.0300 e. The van der Waals surface area contributed by atoms with Crippen molar-refractivity contribution in [1.82, 2.24) is 10.2 Å². The summed E-state index contributed by atoms with van der Waals surface area (Å²) >= 11 is 1.90. The van der Waals surface area contributed by atoms with Crippen molar-refractivity contribution in [1.29, 1.82) is 0 Å². The van der Waals surface area contributed by atoms with E-state index in [0.29, 0.717) is 0 Å². The number of aryl methyl sites for hydroxylation is 1. The van der Waals surface area contributed by atoms with Crippen LogP contribution in [0.1, 0.15) is 42.4 Å². The van der Waals surface area contributed by atoms with Crippen molar-refractivity contribution >= 4 is 11.3 Å². The van der Waals surface area contributed by atoms with Crippen molar-refractivity contribution in [2.75, 3.05) is 20.1 Å². The molecule has 0 spiro atoms. The third-order valence-electron chi connectivity index (χ3n) is 4.35. The molecule has 1 aliphatic rings. The minimum absolute atomic E-state index is 0.821. The summed E-state index contributed by atoms with van der Waals surface area (Å²) in [6, 6.07) is 5.26. The third-order valence-corrected chi connectivity index (χ3v) is 5.35. The number of hydrogen-bond donors (Lipinski definition) is 1. The van der Waals surface area contributed by atoms with E-state index in [-0.39, 0.29) is 0 Å². The van der Waals surface area contributed by atoms with E-state index in [2.05, 4.69) is 43.2 Å². The Labute approximate surface area is 122 Å². The van der Waals surface area contributed by atoms with E-state index in [1.807, 2.05) is 11.3 Å². The Morgan fingerprint density at radius 3 is 2.63 bits per heavy atom. The SMILES string of the molecule is Cc1ccc(CNCCN(C)C2CCC(C)CC2)s1. The first-order chi connectivity index (χ1) is 9.15. The van der Waals surface area contributed by atoms with Crippen LogP contribution in [-0.4, -0.2) is 31.1 Å². The molecule has 1 aliphatic carbocycles. The first-order valence-electron chi connectivity index (χ1n) is 7.61. The van der Waals surface area contributed by atoms with Gasteiger partial charge in [0.25, 0.3) is 0 Å². The van der Waals surface area contributed by atoms with Gasteiger partial charge < -0.3 is 10.2 Å². The Balaban J connectivity index is 1.60. The number of rotatable bonds is 6. The molecule has 1 fully saturated rings. The topological polar surface area (TPSA) is 15.3 Å². The van der Waals surface area contributed by atoms with Crippen LogP contribution in [0.4, 0.5) is 0 Å². The van der Waals surface area contributed by atoms with Gasteiger partial charge in [0.05, 0.1) is 0 Å². The summed E-state index contributed by atoms with van der Waals surface area (Å²) in [7, 11) is 2.29. The highest BCUT2D eigenvalue weighted by atomic mass is 32.1. The fourth-order valence-electron chi connectivity index (χ4n) is 2.91. The molecule has 0 amide bonds. The maximum atomic E-state index is 3.56. The van der Waals surface area contributed by atoms with Gasteiger partial charge in [-0.2, -0.15) is 0 Å². The molecule has 1 aromatic rings. The Morgan fingerprint density at radius 2 is 2.00 bits per heavy atom. The molecule has 108 valence electrons. The van der Waals surface area contributed by atoms with Gasteiger partial charge in [-0.05, 0) is 57.7 Å². The summed E-state index contributed by atoms with van der Waals surface area (Å²) in [6.45, 7) is 7.85. The van der Waals surface area contributed by atoms with Crippen LogP contribution in [0.3, 0.4) is 0 Å². The van der Waals surface area contributed by atoms with Crippen molar-refractivity contribution in [3.05, 3.63) is 21.9 Å². The lowest BCUT2D eigenvalue weighted by Gasteiger charge is -2.33. The van der Waals surface area contributed by atoms with Gasteiger partial charge in [-0.25, -0.2) is 0 Å². The molecule has 19 heavy (non-hydrogen) atoms. The molecule has 2 rings (SSSR count). The van der Waals surface area contributed by atoms with Crippen LogP contribution in [0, 0.1) is 12.8 Å². The van der Waals surface area contributed by atoms with Gasteiger partial charge >= 0.3 is 0 Å². The predicted octanol–water partition coefficient (Wildman–Crippen LogP) is 3.66. The lowest BCUT2D eigenvalue weighted by Crippen LogP contribution is -2.38. The first-order valence-corrected chi connectivity index (χ1v) is 8.43. The summed E-state index contributed by atoms with van der Waals surface area (Å²) in [5.41, 5.74) is 0. The van der Waals surface area contributed by atoms with Gasteiger partial charge in [-0.15, -0.1) is 11.3 Å². The summed E-state index contributed by atoms with van der Waals surface area (Å²) in [6.07, 6.45) is 5.61. The molecular weight excluding hydrogens is 252 g/mol. The van der Waals surface area contributed by atoms with E-state index in [1.165, 1.54) is 42.0 Å². The van der Waals surface area contributed by atoms with Crippen LogP contribution in [0.2, 0.25) is 0 Å². The Hall–Kier alpha value is -0.380. The highest BCUT2D eigenvalue weighted by molar-refractivity contribution is 7.11. The van der Waals surface area contributed by atoms with Gasteiger partial charge in [-0.1, -0.05) is 6.92 Å². The van der Waals surface area contributed by atoms with Crippen LogP contribution >= 0.6 is 11.3 Å². The first kappa shape index (κ1) is 15.0. The molecule has 0 bridgehead atoms. The number of thiophene rings is 1. The van der Waals surface area contributed by atoms with Crippen LogP contribution in [-0.2, 0) is 6.54 Å². The van der Waals surface area contributed by atoms with Crippen molar-refractivity contribution in [3.63, 3.8) is 0 Å². The molecular formula is C16H28N2S. The van der Waals surface area contributed by atoms with Crippen molar-refractivity contribution < 1.29 is 0 Å². The molecule has 1 aromatic heterocycles. The zero-order valence-corrected chi connectivity index (χ0v) is 13.4. The second-order valence-corrected chi connectivity index (χ2v) is 7.46. The fourth-order valence-corrected chi connectivity index (χ4v) is 3.77. The highest BCUT2D eigenvalue weighted by Crippen LogP contribution is 2.26. The molecule has 0 unspecified atom stereocenters. The van der Waals surface area contributed by atoms with Gasteiger partial charge in [0.2, 0.25) is 0 Å². The zero-order chi connectivity index (χ0) is 13.7. The summed E-state index contributed by atoms with van der Waals surface area (Å²) in [5.74, 6) is 0.949. The van der Waals surface area contributed by atoms with Crippen LogP contribution in [0.5, 0.6) is 0 Å². The molecule has 1 heterocycles. The Morgan fingerprint density at radius 1 is 1.26 bits per heavy atom. The standard InChI is InChI=1S/C16H28N2S/c1-13-4-7-15(8-5-13)18(3)11-10-17-12-16-9-6-14(2)19-16/h6,9,13,15,17H,4-5,7-8,10-12H2,1-3H3. The molecule has 0 atom stereocenters. The minimum atomic E-state index is 0.821. The average molecular weight is 280 g/mol. The largest absolute Gasteiger partial charge is 0.311 e. The molecule has 1 N–H and O–H groups in total. The molecule has 0 saturated heterocycles. The minimum Gasteiger partial charge on any atom is -0.311 e. The van der Waals surface area contributed by atoms with E-state index < -0.39 is 0 Å². The molecule has 0 aromatic carbocycles. The van der Waals surface area contributed by atoms with E-state index in [0.717, 1.165) is 25.0 Å². The van der Waals surface area contributed by atoms with Gasteiger partial charge in [0, 0.05) is 35.4 Å². The molecule has 1 saturated carbocycles. The zero-order valence-electron chi connectivity index (χ0n) is 12.6. The number of likely N-dealkylation sites (N-methyl/N-ethyl adjacent to an activating group) is 1. The maximum Gasteiger partial charge on any atom is 0.0300 e. The molecule has 2 nitrogen and oxygen atoms in total. The Bertz CT molecular complexity index is 367. The maximum absolute atomic E-state index is 3.56. The second-order valence-electron chi connectivity index (χ2n) is 6.08. The average Bonchev–Trinajstić information content (AvgIpc) is 2.81. The summed E-state index contributed by atoms with van der Waals surface area (Å²) in [4.78, 5) is 5.41. The van der Waals surface area contributed by atoms with Crippen LogP contribution < -0.4 is 5.32 Å². The molecule has 3 heteroatoms. The van der Waals surface area contributed by atoms with Crippen molar-refractivity contribution in [2.45, 2.75) is 52.1 Å². The number of hydrogen-bond acceptors (Lipinski definition) is 3. The van der Waals surface area contributed by atoms with E-state index >= 15 is 0 Å². The van der Waals surface area contributed by atoms with Gasteiger partial charge in [0.1, 0.15) is 0 Å². The quantitative estimate of drug-likeness (QED) is 0.800. The van der Waals surface area contributed by atoms with Crippen LogP contribution in [0.25, 0.3) is 0 Å². The second kappa shape index (κ2) is 7.41. The molecule has 0 radical (unpaired) electrons. The Kier molecular flexibility index (Phi) is 5.86.